The zero-order chi connectivity index (χ0) is 23.5. The van der Waals surface area contributed by atoms with E-state index in [2.05, 4.69) is 10.2 Å². The maximum absolute atomic E-state index is 13.5. The highest BCUT2D eigenvalue weighted by molar-refractivity contribution is 7.89. The van der Waals surface area contributed by atoms with Gasteiger partial charge in [0.25, 0.3) is 0 Å². The summed E-state index contributed by atoms with van der Waals surface area (Å²) in [5, 5.41) is 3.22. The molecule has 1 saturated carbocycles. The number of benzene rings is 1. The SMILES string of the molecule is O=C(NCC1(N2CCCCC2)CCCCC1)C1CCN(S(=O)(=O)c2ccc(F)c(F)c2)CC1. The molecule has 1 aromatic carbocycles. The van der Waals surface area contributed by atoms with Gasteiger partial charge in [-0.25, -0.2) is 17.2 Å². The minimum Gasteiger partial charge on any atom is -0.354 e. The summed E-state index contributed by atoms with van der Waals surface area (Å²) in [4.78, 5) is 15.3. The predicted molar refractivity (Wildman–Crippen MR) is 122 cm³/mol. The minimum atomic E-state index is -3.92. The van der Waals surface area contributed by atoms with E-state index in [1.54, 1.807) is 0 Å². The third-order valence-electron chi connectivity index (χ3n) is 7.76. The van der Waals surface area contributed by atoms with E-state index < -0.39 is 21.7 Å². The van der Waals surface area contributed by atoms with E-state index in [9.17, 15) is 22.0 Å². The molecule has 9 heteroatoms. The fourth-order valence-electron chi connectivity index (χ4n) is 5.72. The van der Waals surface area contributed by atoms with Crippen LogP contribution < -0.4 is 5.32 Å². The highest BCUT2D eigenvalue weighted by Crippen LogP contribution is 2.35. The van der Waals surface area contributed by atoms with Crippen LogP contribution in [0.1, 0.15) is 64.2 Å². The summed E-state index contributed by atoms with van der Waals surface area (Å²) in [6, 6.07) is 2.62. The number of nitrogens with one attached hydrogen (secondary N) is 1. The lowest BCUT2D eigenvalue weighted by Crippen LogP contribution is -2.58. The van der Waals surface area contributed by atoms with Crippen LogP contribution in [0.2, 0.25) is 0 Å². The molecule has 2 saturated heterocycles. The molecule has 184 valence electrons. The lowest BCUT2D eigenvalue weighted by molar-refractivity contribution is -0.127. The predicted octanol–water partition coefficient (Wildman–Crippen LogP) is 3.67. The third kappa shape index (κ3) is 5.41. The van der Waals surface area contributed by atoms with Crippen molar-refractivity contribution < 1.29 is 22.0 Å². The van der Waals surface area contributed by atoms with Crippen molar-refractivity contribution in [1.29, 1.82) is 0 Å². The first-order valence-electron chi connectivity index (χ1n) is 12.3. The average molecular weight is 484 g/mol. The standard InChI is InChI=1S/C24H35F2N3O3S/c25-21-8-7-20(17-22(21)26)33(31,32)29-15-9-19(10-16-29)23(30)27-18-24(11-3-1-4-12-24)28-13-5-2-6-14-28/h7-8,17,19H,1-6,9-16,18H2,(H,27,30). The summed E-state index contributed by atoms with van der Waals surface area (Å²) in [6.07, 6.45) is 10.5. The molecular weight excluding hydrogens is 448 g/mol. The number of amides is 1. The Morgan fingerprint density at radius 3 is 2.21 bits per heavy atom. The largest absolute Gasteiger partial charge is 0.354 e. The van der Waals surface area contributed by atoms with Crippen molar-refractivity contribution in [3.05, 3.63) is 29.8 Å². The van der Waals surface area contributed by atoms with E-state index in [-0.39, 0.29) is 35.3 Å². The van der Waals surface area contributed by atoms with Crippen LogP contribution in [0.3, 0.4) is 0 Å². The summed E-state index contributed by atoms with van der Waals surface area (Å²) in [5.74, 6) is -2.49. The Balaban J connectivity index is 1.33. The molecule has 3 aliphatic rings. The van der Waals surface area contributed by atoms with Crippen LogP contribution in [0, 0.1) is 17.6 Å². The first-order chi connectivity index (χ1) is 15.8. The first kappa shape index (κ1) is 24.5. The highest BCUT2D eigenvalue weighted by atomic mass is 32.2. The molecule has 3 fully saturated rings. The van der Waals surface area contributed by atoms with Gasteiger partial charge >= 0.3 is 0 Å². The van der Waals surface area contributed by atoms with Crippen LogP contribution in [0.5, 0.6) is 0 Å². The van der Waals surface area contributed by atoms with E-state index in [4.69, 9.17) is 0 Å². The molecule has 6 nitrogen and oxygen atoms in total. The van der Waals surface area contributed by atoms with Crippen molar-refractivity contribution in [3.63, 3.8) is 0 Å². The number of rotatable bonds is 6. The van der Waals surface area contributed by atoms with Crippen LogP contribution in [-0.4, -0.2) is 61.8 Å². The number of carbonyl (C=O) groups is 1. The maximum atomic E-state index is 13.5. The molecule has 0 bridgehead atoms. The first-order valence-corrected chi connectivity index (χ1v) is 13.7. The lowest BCUT2D eigenvalue weighted by Gasteiger charge is -2.48. The molecule has 0 aromatic heterocycles. The molecule has 2 aliphatic heterocycles. The summed E-state index contributed by atoms with van der Waals surface area (Å²) in [7, 11) is -3.92. The van der Waals surface area contributed by atoms with E-state index in [1.165, 1.54) is 42.8 Å². The van der Waals surface area contributed by atoms with Crippen molar-refractivity contribution in [2.24, 2.45) is 5.92 Å². The zero-order valence-corrected chi connectivity index (χ0v) is 20.0. The molecule has 0 radical (unpaired) electrons. The Hall–Kier alpha value is -1.58. The number of piperidine rings is 2. The van der Waals surface area contributed by atoms with Gasteiger partial charge in [-0.2, -0.15) is 4.31 Å². The fraction of sp³-hybridized carbons (Fsp3) is 0.708. The second kappa shape index (κ2) is 10.4. The number of carbonyl (C=O) groups excluding carboxylic acids is 1. The average Bonchev–Trinajstić information content (AvgIpc) is 2.85. The van der Waals surface area contributed by atoms with E-state index in [1.807, 2.05) is 0 Å². The van der Waals surface area contributed by atoms with Crippen molar-refractivity contribution in [3.8, 4) is 0 Å². The van der Waals surface area contributed by atoms with Gasteiger partial charge in [0.05, 0.1) is 4.90 Å². The van der Waals surface area contributed by atoms with Gasteiger partial charge in [-0.1, -0.05) is 25.7 Å². The van der Waals surface area contributed by atoms with Gasteiger partial charge in [0.2, 0.25) is 15.9 Å². The highest BCUT2D eigenvalue weighted by Gasteiger charge is 2.39. The topological polar surface area (TPSA) is 69.7 Å². The number of hydrogen-bond donors (Lipinski definition) is 1. The molecule has 1 aliphatic carbocycles. The van der Waals surface area contributed by atoms with Gasteiger partial charge in [-0.3, -0.25) is 9.69 Å². The number of nitrogens with zero attached hydrogens (tertiary/aromatic N) is 2. The molecule has 1 amide bonds. The van der Waals surface area contributed by atoms with Crippen molar-refractivity contribution in [2.75, 3.05) is 32.7 Å². The Labute approximate surface area is 195 Å². The second-order valence-corrected chi connectivity index (χ2v) is 11.7. The molecule has 0 spiro atoms. The van der Waals surface area contributed by atoms with E-state index in [0.29, 0.717) is 25.5 Å². The summed E-state index contributed by atoms with van der Waals surface area (Å²) in [5.41, 5.74) is 0.0605. The summed E-state index contributed by atoms with van der Waals surface area (Å²) in [6.45, 7) is 3.26. The molecule has 1 N–H and O–H groups in total. The summed E-state index contributed by atoms with van der Waals surface area (Å²) >= 11 is 0. The molecule has 0 unspecified atom stereocenters. The van der Waals surface area contributed by atoms with Crippen LogP contribution >= 0.6 is 0 Å². The van der Waals surface area contributed by atoms with Crippen molar-refractivity contribution in [1.82, 2.24) is 14.5 Å². The van der Waals surface area contributed by atoms with Gasteiger partial charge in [-0.05, 0) is 69.8 Å². The van der Waals surface area contributed by atoms with Gasteiger partial charge in [-0.15, -0.1) is 0 Å². The van der Waals surface area contributed by atoms with Crippen LogP contribution in [0.15, 0.2) is 23.1 Å². The van der Waals surface area contributed by atoms with Crippen molar-refractivity contribution in [2.45, 2.75) is 74.6 Å². The van der Waals surface area contributed by atoms with E-state index in [0.717, 1.165) is 38.1 Å². The Kier molecular flexibility index (Phi) is 7.70. The lowest BCUT2D eigenvalue weighted by atomic mass is 9.79. The molecule has 1 aromatic rings. The Morgan fingerprint density at radius 1 is 0.939 bits per heavy atom. The van der Waals surface area contributed by atoms with Gasteiger partial charge < -0.3 is 5.32 Å². The molecule has 33 heavy (non-hydrogen) atoms. The number of likely N-dealkylation sites (tertiary alicyclic amines) is 1. The monoisotopic (exact) mass is 483 g/mol. The Bertz CT molecular complexity index is 936. The second-order valence-electron chi connectivity index (χ2n) is 9.80. The van der Waals surface area contributed by atoms with Gasteiger partial charge in [0.1, 0.15) is 0 Å². The summed E-state index contributed by atoms with van der Waals surface area (Å²) < 4.78 is 53.6. The van der Waals surface area contributed by atoms with Crippen LogP contribution in [-0.2, 0) is 14.8 Å². The maximum Gasteiger partial charge on any atom is 0.243 e. The van der Waals surface area contributed by atoms with Gasteiger partial charge in [0.15, 0.2) is 11.6 Å². The third-order valence-corrected chi connectivity index (χ3v) is 9.65. The van der Waals surface area contributed by atoms with Crippen LogP contribution in [0.25, 0.3) is 0 Å². The molecule has 0 atom stereocenters. The normalized spacial score (nSPS) is 23.3. The smallest absolute Gasteiger partial charge is 0.243 e. The zero-order valence-electron chi connectivity index (χ0n) is 19.2. The number of halogens is 2. The van der Waals surface area contributed by atoms with Crippen molar-refractivity contribution >= 4 is 15.9 Å². The number of hydrogen-bond acceptors (Lipinski definition) is 4. The van der Waals surface area contributed by atoms with Gasteiger partial charge in [0, 0.05) is 31.1 Å². The van der Waals surface area contributed by atoms with Crippen LogP contribution in [0.4, 0.5) is 8.78 Å². The molecular formula is C24H35F2N3O3S. The molecule has 2 heterocycles. The minimum absolute atomic E-state index is 0.00170. The number of sulfonamides is 1. The Morgan fingerprint density at radius 2 is 1.58 bits per heavy atom. The van der Waals surface area contributed by atoms with E-state index >= 15 is 0 Å². The quantitative estimate of drug-likeness (QED) is 0.670. The fourth-order valence-corrected chi connectivity index (χ4v) is 7.21. The molecule has 4 rings (SSSR count).